The molecule has 6 nitrogen and oxygen atoms in total. The number of carbonyl (C=O) groups is 2. The van der Waals surface area contributed by atoms with Gasteiger partial charge in [-0.25, -0.2) is 14.2 Å². The molecule has 1 atom stereocenters. The Morgan fingerprint density at radius 3 is 2.30 bits per heavy atom. The summed E-state index contributed by atoms with van der Waals surface area (Å²) in [6.07, 6.45) is 1.56. The standard InChI is InChI=1S/C25H21F2N3O3/c26-20-5-1-18(2-6-20)16-33-23-11-3-17(4-12-23)14-28-29-25(32)19-13-24(31)30(15-19)22-9-7-21(27)8-10-22/h1-12,14,19H,13,15-16H2,(H,29,32)/b28-14-/t19-/m0/s1. The number of nitrogens with zero attached hydrogens (tertiary/aromatic N) is 2. The van der Waals surface area contributed by atoms with Gasteiger partial charge in [0.15, 0.2) is 0 Å². The summed E-state index contributed by atoms with van der Waals surface area (Å²) in [6.45, 7) is 0.532. The van der Waals surface area contributed by atoms with Gasteiger partial charge >= 0.3 is 0 Å². The van der Waals surface area contributed by atoms with Crippen molar-refractivity contribution >= 4 is 23.7 Å². The van der Waals surface area contributed by atoms with Gasteiger partial charge in [-0.05, 0) is 71.8 Å². The van der Waals surface area contributed by atoms with Crippen molar-refractivity contribution < 1.29 is 23.1 Å². The summed E-state index contributed by atoms with van der Waals surface area (Å²) in [4.78, 5) is 26.1. The lowest BCUT2D eigenvalue weighted by molar-refractivity contribution is -0.126. The second-order valence-corrected chi connectivity index (χ2v) is 7.60. The second-order valence-electron chi connectivity index (χ2n) is 7.60. The first kappa shape index (κ1) is 22.1. The van der Waals surface area contributed by atoms with Gasteiger partial charge in [0.1, 0.15) is 24.0 Å². The molecule has 3 aromatic carbocycles. The lowest BCUT2D eigenvalue weighted by Gasteiger charge is -2.16. The summed E-state index contributed by atoms with van der Waals surface area (Å²) < 4.78 is 31.7. The number of anilines is 1. The third-order valence-electron chi connectivity index (χ3n) is 5.22. The van der Waals surface area contributed by atoms with Crippen LogP contribution in [0.3, 0.4) is 0 Å². The first-order valence-electron chi connectivity index (χ1n) is 10.3. The lowest BCUT2D eigenvalue weighted by atomic mass is 10.1. The smallest absolute Gasteiger partial charge is 0.245 e. The van der Waals surface area contributed by atoms with E-state index in [1.807, 2.05) is 0 Å². The molecule has 2 amide bonds. The van der Waals surface area contributed by atoms with Crippen molar-refractivity contribution in [1.82, 2.24) is 5.43 Å². The first-order chi connectivity index (χ1) is 16.0. The maximum absolute atomic E-state index is 13.1. The van der Waals surface area contributed by atoms with Crippen LogP contribution >= 0.6 is 0 Å². The van der Waals surface area contributed by atoms with E-state index in [1.165, 1.54) is 47.5 Å². The molecule has 1 aliphatic rings. The Morgan fingerprint density at radius 2 is 1.64 bits per heavy atom. The third-order valence-corrected chi connectivity index (χ3v) is 5.22. The number of nitrogens with one attached hydrogen (secondary N) is 1. The summed E-state index contributed by atoms with van der Waals surface area (Å²) in [5.74, 6) is -1.13. The Kier molecular flexibility index (Phi) is 6.73. The maximum Gasteiger partial charge on any atom is 0.245 e. The monoisotopic (exact) mass is 449 g/mol. The predicted molar refractivity (Wildman–Crippen MR) is 120 cm³/mol. The Morgan fingerprint density at radius 1 is 1.00 bits per heavy atom. The van der Waals surface area contributed by atoms with Crippen molar-refractivity contribution in [3.8, 4) is 5.75 Å². The molecule has 3 aromatic rings. The molecule has 0 bridgehead atoms. The Bertz CT molecular complexity index is 1150. The summed E-state index contributed by atoms with van der Waals surface area (Å²) in [6, 6.07) is 18.8. The van der Waals surface area contributed by atoms with Crippen molar-refractivity contribution in [2.75, 3.05) is 11.4 Å². The minimum Gasteiger partial charge on any atom is -0.489 e. The quantitative estimate of drug-likeness (QED) is 0.437. The van der Waals surface area contributed by atoms with Crippen LogP contribution in [0.5, 0.6) is 5.75 Å². The summed E-state index contributed by atoms with van der Waals surface area (Å²) in [5, 5.41) is 3.97. The molecule has 168 valence electrons. The van der Waals surface area contributed by atoms with Crippen molar-refractivity contribution in [3.63, 3.8) is 0 Å². The van der Waals surface area contributed by atoms with Crippen LogP contribution in [0, 0.1) is 17.6 Å². The van der Waals surface area contributed by atoms with Gasteiger partial charge in [-0.1, -0.05) is 12.1 Å². The molecule has 0 spiro atoms. The molecule has 0 unspecified atom stereocenters. The fraction of sp³-hybridized carbons (Fsp3) is 0.160. The van der Waals surface area contributed by atoms with E-state index in [4.69, 9.17) is 4.74 Å². The van der Waals surface area contributed by atoms with E-state index in [9.17, 15) is 18.4 Å². The normalized spacial score (nSPS) is 15.8. The van der Waals surface area contributed by atoms with Gasteiger partial charge in [0.05, 0.1) is 12.1 Å². The molecule has 0 saturated carbocycles. The molecule has 33 heavy (non-hydrogen) atoms. The van der Waals surface area contributed by atoms with Gasteiger partial charge < -0.3 is 9.64 Å². The molecule has 0 aromatic heterocycles. The van der Waals surface area contributed by atoms with Crippen LogP contribution in [0.4, 0.5) is 14.5 Å². The molecular formula is C25H21F2N3O3. The SMILES string of the molecule is O=C(N/N=C\c1ccc(OCc2ccc(F)cc2)cc1)[C@H]1CC(=O)N(c2ccc(F)cc2)C1. The zero-order valence-corrected chi connectivity index (χ0v) is 17.6. The molecular weight excluding hydrogens is 428 g/mol. The molecule has 1 N–H and O–H groups in total. The van der Waals surface area contributed by atoms with E-state index in [1.54, 1.807) is 36.4 Å². The summed E-state index contributed by atoms with van der Waals surface area (Å²) in [7, 11) is 0. The number of ether oxygens (including phenoxy) is 1. The topological polar surface area (TPSA) is 71.0 Å². The zero-order chi connectivity index (χ0) is 23.2. The third kappa shape index (κ3) is 5.79. The molecule has 1 heterocycles. The van der Waals surface area contributed by atoms with Gasteiger partial charge in [-0.3, -0.25) is 9.59 Å². The Labute approximate surface area is 189 Å². The fourth-order valence-corrected chi connectivity index (χ4v) is 3.41. The molecule has 0 aliphatic carbocycles. The first-order valence-corrected chi connectivity index (χ1v) is 10.3. The molecule has 0 radical (unpaired) electrons. The van der Waals surface area contributed by atoms with Crippen molar-refractivity contribution in [2.45, 2.75) is 13.0 Å². The fourth-order valence-electron chi connectivity index (χ4n) is 3.41. The number of carbonyl (C=O) groups excluding carboxylic acids is 2. The van der Waals surface area contributed by atoms with Gasteiger partial charge in [0.2, 0.25) is 11.8 Å². The average Bonchev–Trinajstić information content (AvgIpc) is 3.22. The van der Waals surface area contributed by atoms with Gasteiger partial charge in [-0.15, -0.1) is 0 Å². The van der Waals surface area contributed by atoms with E-state index in [-0.39, 0.29) is 36.4 Å². The van der Waals surface area contributed by atoms with Crippen molar-refractivity contribution in [2.24, 2.45) is 11.0 Å². The van der Waals surface area contributed by atoms with E-state index < -0.39 is 5.92 Å². The van der Waals surface area contributed by atoms with Gasteiger partial charge in [0, 0.05) is 18.7 Å². The van der Waals surface area contributed by atoms with Crippen LogP contribution in [0.1, 0.15) is 17.5 Å². The van der Waals surface area contributed by atoms with Crippen LogP contribution < -0.4 is 15.1 Å². The van der Waals surface area contributed by atoms with Crippen molar-refractivity contribution in [1.29, 1.82) is 0 Å². The minimum absolute atomic E-state index is 0.0683. The van der Waals surface area contributed by atoms with E-state index in [0.717, 1.165) is 11.1 Å². The summed E-state index contributed by atoms with van der Waals surface area (Å²) >= 11 is 0. The Hall–Kier alpha value is -4.07. The maximum atomic E-state index is 13.1. The average molecular weight is 449 g/mol. The largest absolute Gasteiger partial charge is 0.489 e. The van der Waals surface area contributed by atoms with E-state index in [0.29, 0.717) is 18.0 Å². The van der Waals surface area contributed by atoms with Crippen LogP contribution in [0.25, 0.3) is 0 Å². The summed E-state index contributed by atoms with van der Waals surface area (Å²) in [5.41, 5.74) is 4.63. The highest BCUT2D eigenvalue weighted by Gasteiger charge is 2.35. The second kappa shape index (κ2) is 10.0. The minimum atomic E-state index is -0.540. The Balaban J connectivity index is 1.26. The predicted octanol–water partition coefficient (Wildman–Crippen LogP) is 4.05. The number of amides is 2. The molecule has 1 saturated heterocycles. The number of hydrazone groups is 1. The number of rotatable bonds is 7. The highest BCUT2D eigenvalue weighted by Crippen LogP contribution is 2.25. The zero-order valence-electron chi connectivity index (χ0n) is 17.6. The van der Waals surface area contributed by atoms with Crippen LogP contribution in [-0.4, -0.2) is 24.6 Å². The number of hydrogen-bond acceptors (Lipinski definition) is 4. The molecule has 1 aliphatic heterocycles. The van der Waals surface area contributed by atoms with Gasteiger partial charge in [-0.2, -0.15) is 5.10 Å². The van der Waals surface area contributed by atoms with Gasteiger partial charge in [0.25, 0.3) is 0 Å². The molecule has 4 rings (SSSR count). The number of benzene rings is 3. The lowest BCUT2D eigenvalue weighted by Crippen LogP contribution is -2.30. The van der Waals surface area contributed by atoms with Crippen LogP contribution in [-0.2, 0) is 16.2 Å². The van der Waals surface area contributed by atoms with Crippen molar-refractivity contribution in [3.05, 3.63) is 95.6 Å². The molecule has 1 fully saturated rings. The van der Waals surface area contributed by atoms with Crippen LogP contribution in [0.15, 0.2) is 77.9 Å². The highest BCUT2D eigenvalue weighted by molar-refractivity contribution is 6.00. The molecule has 8 heteroatoms. The van der Waals surface area contributed by atoms with E-state index >= 15 is 0 Å². The number of hydrogen-bond donors (Lipinski definition) is 1. The number of halogens is 2. The van der Waals surface area contributed by atoms with Crippen LogP contribution in [0.2, 0.25) is 0 Å². The van der Waals surface area contributed by atoms with E-state index in [2.05, 4.69) is 10.5 Å². The highest BCUT2D eigenvalue weighted by atomic mass is 19.1.